The second kappa shape index (κ2) is 8.32. The van der Waals surface area contributed by atoms with E-state index in [1.807, 2.05) is 82.4 Å². The largest absolute Gasteiger partial charge is 2.00 e. The molecule has 0 unspecified atom stereocenters. The van der Waals surface area contributed by atoms with E-state index in [0.29, 0.717) is 0 Å². The van der Waals surface area contributed by atoms with Gasteiger partial charge in [0.15, 0.2) is 0 Å². The van der Waals surface area contributed by atoms with Gasteiger partial charge in [-0.15, -0.1) is 12.1 Å². The van der Waals surface area contributed by atoms with Gasteiger partial charge in [0, 0.05) is 18.1 Å². The zero-order valence-corrected chi connectivity index (χ0v) is 16.2. The Bertz CT molecular complexity index is 841. The molecule has 0 spiro atoms. The summed E-state index contributed by atoms with van der Waals surface area (Å²) in [5.41, 5.74) is 2.89. The van der Waals surface area contributed by atoms with Gasteiger partial charge in [-0.05, 0) is 23.5 Å². The third-order valence-corrected chi connectivity index (χ3v) is 4.41. The topological polar surface area (TPSA) is 35.6 Å². The normalized spacial score (nSPS) is 10.4. The van der Waals surface area contributed by atoms with Crippen LogP contribution in [-0.4, -0.2) is 19.6 Å². The fourth-order valence-electron chi connectivity index (χ4n) is 2.29. The minimum Gasteiger partial charge on any atom is -0.265 e. The molecule has 0 saturated carbocycles. The van der Waals surface area contributed by atoms with Gasteiger partial charge in [0.2, 0.25) is 0 Å². The summed E-state index contributed by atoms with van der Waals surface area (Å²) >= 11 is 1.67. The van der Waals surface area contributed by atoms with E-state index in [4.69, 9.17) is 0 Å². The Morgan fingerprint density at radius 1 is 0.800 bits per heavy atom. The van der Waals surface area contributed by atoms with E-state index in [9.17, 15) is 0 Å². The predicted octanol–water partition coefficient (Wildman–Crippen LogP) is 3.95. The number of aromatic nitrogens is 4. The minimum absolute atomic E-state index is 0. The van der Waals surface area contributed by atoms with Crippen molar-refractivity contribution in [1.82, 2.24) is 19.6 Å². The second-order valence-corrected chi connectivity index (χ2v) is 6.13. The molecular weight excluding hydrogens is 511 g/mol. The summed E-state index contributed by atoms with van der Waals surface area (Å²) in [6.07, 6.45) is 3.91. The van der Waals surface area contributed by atoms with E-state index in [2.05, 4.69) is 22.3 Å². The minimum atomic E-state index is 0. The molecule has 126 valence electrons. The molecule has 0 saturated heterocycles. The molecule has 0 aliphatic carbocycles. The maximum absolute atomic E-state index is 4.58. The van der Waals surface area contributed by atoms with Crippen LogP contribution in [0.1, 0.15) is 5.69 Å². The van der Waals surface area contributed by atoms with Crippen molar-refractivity contribution in [3.05, 3.63) is 90.9 Å². The van der Waals surface area contributed by atoms with Gasteiger partial charge >= 0.3 is 21.1 Å². The zero-order chi connectivity index (χ0) is 16.2. The Kier molecular flexibility index (Phi) is 5.90. The molecule has 25 heavy (non-hydrogen) atoms. The second-order valence-electron chi connectivity index (χ2n) is 5.13. The van der Waals surface area contributed by atoms with Crippen LogP contribution in [0.25, 0.3) is 11.4 Å². The summed E-state index contributed by atoms with van der Waals surface area (Å²) < 4.78 is 3.67. The molecule has 0 fully saturated rings. The molecule has 2 aromatic carbocycles. The van der Waals surface area contributed by atoms with Gasteiger partial charge in [-0.25, -0.2) is 0 Å². The molecule has 2 aromatic heterocycles. The van der Waals surface area contributed by atoms with Gasteiger partial charge in [0.1, 0.15) is 5.03 Å². The number of nitrogens with zero attached hydrogens (tertiary/aromatic N) is 4. The number of para-hydroxylation sites is 2. The van der Waals surface area contributed by atoms with Gasteiger partial charge < -0.3 is 0 Å². The third kappa shape index (κ3) is 4.30. The van der Waals surface area contributed by atoms with Crippen LogP contribution in [0.15, 0.2) is 78.1 Å². The summed E-state index contributed by atoms with van der Waals surface area (Å²) in [5.74, 6) is 0.773. The summed E-state index contributed by atoms with van der Waals surface area (Å²) in [5, 5.41) is 10.1. The van der Waals surface area contributed by atoms with Crippen LogP contribution < -0.4 is 0 Å². The van der Waals surface area contributed by atoms with Crippen LogP contribution in [0.4, 0.5) is 0 Å². The smallest absolute Gasteiger partial charge is 0.265 e. The molecule has 0 atom stereocenters. The molecule has 0 radical (unpaired) electrons. The van der Waals surface area contributed by atoms with Crippen LogP contribution >= 0.6 is 11.8 Å². The maximum Gasteiger partial charge on any atom is 2.00 e. The van der Waals surface area contributed by atoms with Crippen molar-refractivity contribution in [3.8, 4) is 11.4 Å². The first-order chi connectivity index (χ1) is 11.9. The summed E-state index contributed by atoms with van der Waals surface area (Å²) in [6, 6.07) is 26.0. The summed E-state index contributed by atoms with van der Waals surface area (Å²) in [4.78, 5) is 0. The third-order valence-electron chi connectivity index (χ3n) is 3.46. The fourth-order valence-corrected chi connectivity index (χ4v) is 3.04. The molecular formula is C19H14N4PtS. The molecule has 0 N–H and O–H groups in total. The van der Waals surface area contributed by atoms with Crippen molar-refractivity contribution in [1.29, 1.82) is 0 Å². The van der Waals surface area contributed by atoms with Crippen molar-refractivity contribution in [2.45, 2.75) is 10.8 Å². The van der Waals surface area contributed by atoms with Crippen molar-refractivity contribution in [3.63, 3.8) is 0 Å². The molecule has 0 bridgehead atoms. The standard InChI is InChI=1S/C19H14N4S.Pt/c1-3-7-17(8-4-1)22-13-11-16(20-22)15-24-19-12-14-23(21-19)18-9-5-2-6-10-18;/h1-7,9,11-14H,15H2;/q-2;+2. The number of hydrogen-bond acceptors (Lipinski definition) is 3. The molecule has 0 aliphatic heterocycles. The van der Waals surface area contributed by atoms with Crippen LogP contribution in [0.3, 0.4) is 0 Å². The number of hydrogen-bond donors (Lipinski definition) is 0. The van der Waals surface area contributed by atoms with Gasteiger partial charge in [-0.1, -0.05) is 11.8 Å². The van der Waals surface area contributed by atoms with E-state index in [1.54, 1.807) is 11.8 Å². The Hall–Kier alpha value is -2.10. The van der Waals surface area contributed by atoms with Gasteiger partial charge in [0.05, 0.1) is 5.69 Å². The fraction of sp³-hybridized carbons (Fsp3) is 0.0526. The van der Waals surface area contributed by atoms with Crippen molar-refractivity contribution < 1.29 is 21.1 Å². The number of thioether (sulfide) groups is 1. The van der Waals surface area contributed by atoms with Gasteiger partial charge in [0.25, 0.3) is 0 Å². The molecule has 0 amide bonds. The first-order valence-corrected chi connectivity index (χ1v) is 8.54. The predicted molar refractivity (Wildman–Crippen MR) is 94.4 cm³/mol. The van der Waals surface area contributed by atoms with Crippen LogP contribution in [0.5, 0.6) is 0 Å². The van der Waals surface area contributed by atoms with E-state index in [-0.39, 0.29) is 21.1 Å². The number of benzene rings is 2. The average Bonchev–Trinajstić information content (AvgIpc) is 3.31. The first-order valence-electron chi connectivity index (χ1n) is 7.56. The monoisotopic (exact) mass is 525 g/mol. The Morgan fingerprint density at radius 3 is 2.08 bits per heavy atom. The molecule has 2 heterocycles. The molecule has 4 aromatic rings. The van der Waals surface area contributed by atoms with Crippen molar-refractivity contribution in [2.75, 3.05) is 0 Å². The van der Waals surface area contributed by atoms with Crippen molar-refractivity contribution in [2.24, 2.45) is 0 Å². The van der Waals surface area contributed by atoms with Crippen LogP contribution in [0, 0.1) is 12.1 Å². The van der Waals surface area contributed by atoms with Crippen LogP contribution in [-0.2, 0) is 26.8 Å². The van der Waals surface area contributed by atoms with E-state index >= 15 is 0 Å². The zero-order valence-electron chi connectivity index (χ0n) is 13.1. The quantitative estimate of drug-likeness (QED) is 0.293. The van der Waals surface area contributed by atoms with E-state index < -0.39 is 0 Å². The SMILES string of the molecule is [Pt+2].[c-]1ccccc1-n1ccc(CSc2ccn(-c3[c-]cccc3)n2)n1. The Labute approximate surface area is 165 Å². The molecule has 4 nitrogen and oxygen atoms in total. The Morgan fingerprint density at radius 2 is 1.44 bits per heavy atom. The van der Waals surface area contributed by atoms with E-state index in [0.717, 1.165) is 27.8 Å². The molecule has 0 aliphatic rings. The first kappa shape index (κ1) is 17.7. The van der Waals surface area contributed by atoms with Crippen molar-refractivity contribution >= 4 is 11.8 Å². The molecule has 4 rings (SSSR count). The van der Waals surface area contributed by atoms with Gasteiger partial charge in [-0.3, -0.25) is 9.36 Å². The van der Waals surface area contributed by atoms with E-state index in [1.165, 1.54) is 0 Å². The maximum atomic E-state index is 4.58. The molecule has 6 heteroatoms. The summed E-state index contributed by atoms with van der Waals surface area (Å²) in [6.45, 7) is 0. The number of rotatable bonds is 5. The Balaban J connectivity index is 0.00000182. The van der Waals surface area contributed by atoms with Gasteiger partial charge in [-0.2, -0.15) is 58.7 Å². The summed E-state index contributed by atoms with van der Waals surface area (Å²) in [7, 11) is 0. The van der Waals surface area contributed by atoms with Crippen LogP contribution in [0.2, 0.25) is 0 Å². The average molecular weight is 525 g/mol.